The van der Waals surface area contributed by atoms with Crippen molar-refractivity contribution in [3.8, 4) is 0 Å². The van der Waals surface area contributed by atoms with E-state index in [4.69, 9.17) is 5.73 Å². The molecule has 1 atom stereocenters. The zero-order valence-corrected chi connectivity index (χ0v) is 12.3. The van der Waals surface area contributed by atoms with Gasteiger partial charge in [0.2, 0.25) is 0 Å². The van der Waals surface area contributed by atoms with Crippen molar-refractivity contribution in [2.75, 3.05) is 18.4 Å². The van der Waals surface area contributed by atoms with Crippen LogP contribution in [-0.2, 0) is 0 Å². The molecule has 6 heteroatoms. The third-order valence-corrected chi connectivity index (χ3v) is 3.69. The molecule has 1 aliphatic heterocycles. The predicted octanol–water partition coefficient (Wildman–Crippen LogP) is 1.78. The molecule has 3 rings (SSSR count). The molecular weight excluding hydrogens is 278 g/mol. The van der Waals surface area contributed by atoms with Crippen molar-refractivity contribution >= 4 is 17.4 Å². The maximum absolute atomic E-state index is 12.6. The second kappa shape index (κ2) is 6.53. The van der Waals surface area contributed by atoms with E-state index in [1.54, 1.807) is 18.6 Å². The van der Waals surface area contributed by atoms with Crippen molar-refractivity contribution in [1.82, 2.24) is 14.9 Å². The smallest absolute Gasteiger partial charge is 0.253 e. The number of carbonyl (C=O) groups excluding carboxylic acids is 1. The molecule has 1 aromatic carbocycles. The highest BCUT2D eigenvalue weighted by Gasteiger charge is 2.22. The zero-order chi connectivity index (χ0) is 15.4. The van der Waals surface area contributed by atoms with Crippen molar-refractivity contribution in [2.45, 2.75) is 18.9 Å². The summed E-state index contributed by atoms with van der Waals surface area (Å²) in [5, 5.41) is 3.14. The summed E-state index contributed by atoms with van der Waals surface area (Å²) in [4.78, 5) is 22.6. The zero-order valence-electron chi connectivity index (χ0n) is 12.3. The summed E-state index contributed by atoms with van der Waals surface area (Å²) >= 11 is 0. The number of benzene rings is 1. The number of nitrogens with zero attached hydrogens (tertiary/aromatic N) is 3. The highest BCUT2D eigenvalue weighted by Crippen LogP contribution is 2.18. The number of hydrogen-bond acceptors (Lipinski definition) is 5. The molecule has 22 heavy (non-hydrogen) atoms. The normalized spacial score (nSPS) is 18.0. The number of likely N-dealkylation sites (tertiary alicyclic amines) is 1. The molecule has 0 bridgehead atoms. The fourth-order valence-electron chi connectivity index (χ4n) is 2.62. The lowest BCUT2D eigenvalue weighted by molar-refractivity contribution is 0.0709. The number of aromatic nitrogens is 2. The first-order valence-corrected chi connectivity index (χ1v) is 7.40. The van der Waals surface area contributed by atoms with Gasteiger partial charge in [0.15, 0.2) is 0 Å². The maximum Gasteiger partial charge on any atom is 0.253 e. The number of nitrogens with one attached hydrogen (secondary N) is 1. The number of anilines is 2. The Morgan fingerprint density at radius 2 is 2.27 bits per heavy atom. The minimum Gasteiger partial charge on any atom is -0.339 e. The van der Waals surface area contributed by atoms with Gasteiger partial charge in [-0.05, 0) is 31.0 Å². The van der Waals surface area contributed by atoms with E-state index in [0.29, 0.717) is 17.9 Å². The van der Waals surface area contributed by atoms with Gasteiger partial charge in [0.25, 0.3) is 5.91 Å². The van der Waals surface area contributed by atoms with Gasteiger partial charge in [-0.2, -0.15) is 0 Å². The van der Waals surface area contributed by atoms with Crippen molar-refractivity contribution in [2.24, 2.45) is 5.73 Å². The summed E-state index contributed by atoms with van der Waals surface area (Å²) in [7, 11) is 0. The van der Waals surface area contributed by atoms with E-state index >= 15 is 0 Å². The van der Waals surface area contributed by atoms with Crippen LogP contribution >= 0.6 is 0 Å². The number of rotatable bonds is 3. The SMILES string of the molecule is N[C@H]1CCCN(C(=O)c2cccc(Nc3cnccn3)c2)C1. The molecule has 0 saturated carbocycles. The number of hydrogen-bond donors (Lipinski definition) is 2. The fourth-order valence-corrected chi connectivity index (χ4v) is 2.62. The fraction of sp³-hybridized carbons (Fsp3) is 0.312. The minimum atomic E-state index is 0.0259. The minimum absolute atomic E-state index is 0.0259. The number of piperidine rings is 1. The van der Waals surface area contributed by atoms with Crippen LogP contribution in [0.25, 0.3) is 0 Å². The first-order chi connectivity index (χ1) is 10.7. The maximum atomic E-state index is 12.6. The molecule has 114 valence electrons. The summed E-state index contributed by atoms with van der Waals surface area (Å²) in [6.45, 7) is 1.40. The third kappa shape index (κ3) is 3.40. The molecule has 1 fully saturated rings. The van der Waals surface area contributed by atoms with Gasteiger partial charge in [-0.25, -0.2) is 4.98 Å². The van der Waals surface area contributed by atoms with Crippen molar-refractivity contribution < 1.29 is 4.79 Å². The largest absolute Gasteiger partial charge is 0.339 e. The van der Waals surface area contributed by atoms with Crippen LogP contribution < -0.4 is 11.1 Å². The molecule has 1 aromatic heterocycles. The lowest BCUT2D eigenvalue weighted by Gasteiger charge is -2.30. The Balaban J connectivity index is 1.74. The van der Waals surface area contributed by atoms with E-state index in [1.165, 1.54) is 0 Å². The number of nitrogens with two attached hydrogens (primary N) is 1. The van der Waals surface area contributed by atoms with Crippen LogP contribution in [0.1, 0.15) is 23.2 Å². The second-order valence-corrected chi connectivity index (χ2v) is 5.45. The van der Waals surface area contributed by atoms with Crippen LogP contribution in [0.4, 0.5) is 11.5 Å². The Bertz CT molecular complexity index is 646. The Morgan fingerprint density at radius 3 is 3.05 bits per heavy atom. The lowest BCUT2D eigenvalue weighted by Crippen LogP contribution is -2.45. The Hall–Kier alpha value is -2.47. The molecule has 0 radical (unpaired) electrons. The molecule has 1 amide bonds. The van der Waals surface area contributed by atoms with Crippen LogP contribution in [0.5, 0.6) is 0 Å². The quantitative estimate of drug-likeness (QED) is 0.902. The molecule has 6 nitrogen and oxygen atoms in total. The van der Waals surface area contributed by atoms with E-state index in [1.807, 2.05) is 29.2 Å². The van der Waals surface area contributed by atoms with Gasteiger partial charge >= 0.3 is 0 Å². The average Bonchev–Trinajstić information content (AvgIpc) is 2.55. The molecule has 1 aliphatic rings. The van der Waals surface area contributed by atoms with Crippen LogP contribution in [0.3, 0.4) is 0 Å². The lowest BCUT2D eigenvalue weighted by atomic mass is 10.1. The number of carbonyl (C=O) groups is 1. The Morgan fingerprint density at radius 1 is 1.36 bits per heavy atom. The van der Waals surface area contributed by atoms with Crippen LogP contribution in [0.15, 0.2) is 42.9 Å². The van der Waals surface area contributed by atoms with Gasteiger partial charge in [0, 0.05) is 42.8 Å². The van der Waals surface area contributed by atoms with Gasteiger partial charge < -0.3 is 16.0 Å². The Labute approximate surface area is 129 Å². The first kappa shape index (κ1) is 14.5. The highest BCUT2D eigenvalue weighted by atomic mass is 16.2. The molecule has 2 heterocycles. The number of amides is 1. The molecule has 2 aromatic rings. The van der Waals surface area contributed by atoms with Crippen molar-refractivity contribution in [1.29, 1.82) is 0 Å². The average molecular weight is 297 g/mol. The van der Waals surface area contributed by atoms with Crippen LogP contribution in [0, 0.1) is 0 Å². The Kier molecular flexibility index (Phi) is 4.29. The summed E-state index contributed by atoms with van der Waals surface area (Å²) in [6.07, 6.45) is 6.82. The second-order valence-electron chi connectivity index (χ2n) is 5.45. The van der Waals surface area contributed by atoms with Gasteiger partial charge in [-0.15, -0.1) is 0 Å². The van der Waals surface area contributed by atoms with Crippen molar-refractivity contribution in [3.63, 3.8) is 0 Å². The molecule has 3 N–H and O–H groups in total. The summed E-state index contributed by atoms with van der Waals surface area (Å²) in [6, 6.07) is 7.49. The molecule has 0 spiro atoms. The summed E-state index contributed by atoms with van der Waals surface area (Å²) < 4.78 is 0. The highest BCUT2D eigenvalue weighted by molar-refractivity contribution is 5.95. The molecule has 0 aliphatic carbocycles. The first-order valence-electron chi connectivity index (χ1n) is 7.40. The van der Waals surface area contributed by atoms with Crippen molar-refractivity contribution in [3.05, 3.63) is 48.4 Å². The third-order valence-electron chi connectivity index (χ3n) is 3.69. The molecular formula is C16H19N5O. The van der Waals surface area contributed by atoms with E-state index < -0.39 is 0 Å². The van der Waals surface area contributed by atoms with Gasteiger partial charge in [0.05, 0.1) is 6.20 Å². The summed E-state index contributed by atoms with van der Waals surface area (Å²) in [5.74, 6) is 0.671. The standard InChI is InChI=1S/C16H19N5O/c17-13-4-2-8-21(11-13)16(22)12-3-1-5-14(9-12)20-15-10-18-6-7-19-15/h1,3,5-7,9-10,13H,2,4,8,11,17H2,(H,19,20)/t13-/m0/s1. The summed E-state index contributed by atoms with van der Waals surface area (Å²) in [5.41, 5.74) is 7.42. The molecule has 0 unspecified atom stereocenters. The predicted molar refractivity (Wildman–Crippen MR) is 84.9 cm³/mol. The van der Waals surface area contributed by atoms with Gasteiger partial charge in [-0.3, -0.25) is 9.78 Å². The van der Waals surface area contributed by atoms with E-state index in [-0.39, 0.29) is 11.9 Å². The van der Waals surface area contributed by atoms with Gasteiger partial charge in [0.1, 0.15) is 5.82 Å². The molecule has 1 saturated heterocycles. The topological polar surface area (TPSA) is 84.1 Å². The van der Waals surface area contributed by atoms with E-state index in [2.05, 4.69) is 15.3 Å². The van der Waals surface area contributed by atoms with Gasteiger partial charge in [-0.1, -0.05) is 6.07 Å². The van der Waals surface area contributed by atoms with E-state index in [9.17, 15) is 4.79 Å². The van der Waals surface area contributed by atoms with Crippen LogP contribution in [-0.4, -0.2) is 39.9 Å². The van der Waals surface area contributed by atoms with Crippen LogP contribution in [0.2, 0.25) is 0 Å². The monoisotopic (exact) mass is 297 g/mol. The van der Waals surface area contributed by atoms with E-state index in [0.717, 1.165) is 25.1 Å².